The fraction of sp³-hybridized carbons (Fsp3) is 0.132. The van der Waals surface area contributed by atoms with Crippen LogP contribution in [0.1, 0.15) is 59.7 Å². The molecule has 0 amide bonds. The second-order valence-electron chi connectivity index (χ2n) is 19.4. The minimum Gasteiger partial charge on any atom is -0.476 e. The maximum atomic E-state index is 13.5. The number of carbonyl (C=O) groups is 3. The third-order valence-corrected chi connectivity index (χ3v) is 12.7. The Bertz CT molecular complexity index is 4260. The Morgan fingerprint density at radius 1 is 0.490 bits per heavy atom. The molecule has 12 rings (SSSR count). The van der Waals surface area contributed by atoms with E-state index in [9.17, 15) is 40.7 Å². The molecule has 12 aromatic rings. The zero-order valence-electron chi connectivity index (χ0n) is 52.0. The molecule has 0 spiro atoms. The molecule has 508 valence electrons. The summed E-state index contributed by atoms with van der Waals surface area (Å²) in [4.78, 5) is 50.4. The molecule has 0 atom stereocenters. The minimum absolute atomic E-state index is 0. The van der Waals surface area contributed by atoms with Crippen molar-refractivity contribution in [3.8, 4) is 45.0 Å². The molecule has 0 bridgehead atoms. The Kier molecular flexibility index (Phi) is 35.6. The summed E-state index contributed by atoms with van der Waals surface area (Å²) in [5.41, 5.74) is 8.55. The van der Waals surface area contributed by atoms with Crippen LogP contribution in [-0.4, -0.2) is 94.5 Å². The van der Waals surface area contributed by atoms with E-state index in [-0.39, 0.29) is 114 Å². The van der Waals surface area contributed by atoms with Gasteiger partial charge in [-0.05, 0) is 116 Å². The number of hydrogen-bond acceptors (Lipinski definition) is 12. The van der Waals surface area contributed by atoms with Crippen LogP contribution < -0.4 is 5.32 Å². The SMILES string of the molecule is CNCc1ccnc(-c2[c-]cc(F)cc2F)c1.Cc1cc(C(=O)O)nn1C.Cc1cc(C(=O)O)nn1C.Cc1cc(C(=O)O)nn1C.Cc1ccnc(-c2[c-]cc(F)nc2F)c1.Fc1c[c-]c(-c2ccccn2)c(F)c1.[Ir].[Ir].[Ir].[Ir].[c-]1ccccc1-c1nccc2ccccc12. The predicted octanol–water partition coefficient (Wildman–Crippen LogP) is 12.9. The normalized spacial score (nSPS) is 9.77. The Morgan fingerprint density at radius 2 is 0.958 bits per heavy atom. The summed E-state index contributed by atoms with van der Waals surface area (Å²) in [7, 11) is 6.95. The van der Waals surface area contributed by atoms with Crippen molar-refractivity contribution in [3.63, 3.8) is 0 Å². The molecule has 0 aliphatic heterocycles. The van der Waals surface area contributed by atoms with Crippen LogP contribution in [0.15, 0.2) is 170 Å². The van der Waals surface area contributed by atoms with E-state index >= 15 is 0 Å². The largest absolute Gasteiger partial charge is 0.476 e. The number of carboxylic acids is 3. The van der Waals surface area contributed by atoms with Gasteiger partial charge < -0.3 is 40.6 Å². The van der Waals surface area contributed by atoms with E-state index in [2.05, 4.69) is 81.9 Å². The second kappa shape index (κ2) is 41.1. The molecular weight excluding hydrogens is 1960 g/mol. The van der Waals surface area contributed by atoms with Gasteiger partial charge in [0.05, 0.1) is 0 Å². The Labute approximate surface area is 602 Å². The molecule has 0 aliphatic rings. The summed E-state index contributed by atoms with van der Waals surface area (Å²) in [5, 5.41) is 41.9. The molecule has 0 saturated heterocycles. The molecule has 18 nitrogen and oxygen atoms in total. The topological polar surface area (TPSA) is 242 Å². The van der Waals surface area contributed by atoms with Crippen LogP contribution in [0.25, 0.3) is 55.8 Å². The van der Waals surface area contributed by atoms with E-state index in [0.717, 1.165) is 69.8 Å². The first-order chi connectivity index (χ1) is 43.9. The zero-order valence-corrected chi connectivity index (χ0v) is 61.5. The molecule has 0 saturated carbocycles. The zero-order chi connectivity index (χ0) is 67.0. The number of aromatic nitrogens is 11. The van der Waals surface area contributed by atoms with E-state index in [1.807, 2.05) is 68.7 Å². The molecule has 0 fully saturated rings. The third-order valence-electron chi connectivity index (χ3n) is 12.7. The van der Waals surface area contributed by atoms with Gasteiger partial charge in [0.15, 0.2) is 17.1 Å². The van der Waals surface area contributed by atoms with E-state index < -0.39 is 53.1 Å². The van der Waals surface area contributed by atoms with Gasteiger partial charge in [-0.3, -0.25) is 36.6 Å². The van der Waals surface area contributed by atoms with E-state index in [0.29, 0.717) is 23.6 Å². The number of pyridine rings is 5. The fourth-order valence-electron chi connectivity index (χ4n) is 7.81. The van der Waals surface area contributed by atoms with Crippen LogP contribution in [0.4, 0.5) is 26.3 Å². The maximum absolute atomic E-state index is 13.5. The number of fused-ring (bicyclic) bond motifs is 1. The fourth-order valence-corrected chi connectivity index (χ4v) is 7.81. The van der Waals surface area contributed by atoms with E-state index in [4.69, 9.17) is 15.3 Å². The van der Waals surface area contributed by atoms with Gasteiger partial charge in [-0.15, -0.1) is 66.2 Å². The van der Waals surface area contributed by atoms with Gasteiger partial charge in [-0.2, -0.15) is 15.3 Å². The van der Waals surface area contributed by atoms with Crippen molar-refractivity contribution in [2.45, 2.75) is 34.2 Å². The van der Waals surface area contributed by atoms with Crippen molar-refractivity contribution in [2.24, 2.45) is 21.1 Å². The molecule has 4 N–H and O–H groups in total. The van der Waals surface area contributed by atoms with Crippen molar-refractivity contribution in [1.29, 1.82) is 0 Å². The van der Waals surface area contributed by atoms with E-state index in [1.165, 1.54) is 43.0 Å². The summed E-state index contributed by atoms with van der Waals surface area (Å²) in [6, 6.07) is 50.6. The number of benzene rings is 4. The first-order valence-corrected chi connectivity index (χ1v) is 27.4. The summed E-state index contributed by atoms with van der Waals surface area (Å²) in [5.74, 6) is -7.31. The molecule has 8 heterocycles. The maximum Gasteiger partial charge on any atom is 0.356 e. The van der Waals surface area contributed by atoms with Crippen molar-refractivity contribution >= 4 is 28.7 Å². The number of nitrogens with zero attached hydrogens (tertiary/aromatic N) is 11. The van der Waals surface area contributed by atoms with Crippen LogP contribution in [0.5, 0.6) is 0 Å². The van der Waals surface area contributed by atoms with Gasteiger partial charge in [0.2, 0.25) is 0 Å². The Morgan fingerprint density at radius 3 is 1.40 bits per heavy atom. The van der Waals surface area contributed by atoms with Gasteiger partial charge in [0.25, 0.3) is 0 Å². The molecule has 28 heteroatoms. The molecule has 0 aliphatic carbocycles. The van der Waals surface area contributed by atoms with E-state index in [1.54, 1.807) is 96.9 Å². The Hall–Kier alpha value is -8.93. The van der Waals surface area contributed by atoms with Gasteiger partial charge >= 0.3 is 17.9 Å². The van der Waals surface area contributed by atoms with Crippen molar-refractivity contribution < 1.29 is 136 Å². The van der Waals surface area contributed by atoms with Crippen molar-refractivity contribution in [1.82, 2.24) is 59.6 Å². The summed E-state index contributed by atoms with van der Waals surface area (Å²) in [6.45, 7) is 7.94. The molecule has 4 radical (unpaired) electrons. The molecule has 4 aromatic carbocycles. The van der Waals surface area contributed by atoms with Gasteiger partial charge in [0.1, 0.15) is 11.9 Å². The van der Waals surface area contributed by atoms with Gasteiger partial charge in [-0.25, -0.2) is 23.2 Å². The molecule has 0 unspecified atom stereocenters. The monoisotopic (exact) mass is 2020 g/mol. The van der Waals surface area contributed by atoms with Crippen LogP contribution >= 0.6 is 0 Å². The second-order valence-corrected chi connectivity index (χ2v) is 19.4. The van der Waals surface area contributed by atoms with Crippen molar-refractivity contribution in [2.75, 3.05) is 7.05 Å². The van der Waals surface area contributed by atoms with Crippen LogP contribution in [-0.2, 0) is 108 Å². The predicted molar refractivity (Wildman–Crippen MR) is 331 cm³/mol. The number of hydrogen-bond donors (Lipinski definition) is 4. The first-order valence-electron chi connectivity index (χ1n) is 27.4. The average molecular weight is 2020 g/mol. The number of aromatic carboxylic acids is 3. The van der Waals surface area contributed by atoms with Crippen LogP contribution in [0, 0.1) is 87.1 Å². The number of carboxylic acid groups (broad SMARTS) is 3. The quantitative estimate of drug-likeness (QED) is 0.0597. The van der Waals surface area contributed by atoms with Gasteiger partial charge in [-0.1, -0.05) is 89.0 Å². The Balaban J connectivity index is 0.000000382. The smallest absolute Gasteiger partial charge is 0.356 e. The third kappa shape index (κ3) is 25.3. The first kappa shape index (κ1) is 83.2. The molecule has 8 aromatic heterocycles. The standard InChI is InChI=1S/C15H10N.C13H11F2N2.C11H7F2N2.C11H6F2N.3C6H8N2O2.4Ir/c1-2-7-13(8-3-1)15-14-9-5-4-6-12(14)10-11-16-15;1-16-8-9-4-5-17-13(6-9)11-3-2-10(14)7-12(11)15;1-7-4-5-14-9(6-7)8-2-3-10(12)15-11(8)13;12-8-4-5-9(10(13)7-8)11-3-1-2-6-14-11;3*1-4-3-5(6(9)10)7-8(4)2;;;;/h1-7,9-11H;2,4-7,16H,8H2,1H3;3-6H,1H3;1-4,6-7H;3*3H,1-2H3,(H,9,10);;;;/q4*-1;;;;;;;. The van der Waals surface area contributed by atoms with Crippen molar-refractivity contribution in [3.05, 3.63) is 275 Å². The minimum atomic E-state index is -0.983. The molecular formula is C68H58F6Ir4N12O6-4. The number of nitrogens with one attached hydrogen (secondary N) is 1. The molecule has 96 heavy (non-hydrogen) atoms. The number of rotatable bonds is 9. The summed E-state index contributed by atoms with van der Waals surface area (Å²) in [6.07, 6.45) is 6.55. The number of aryl methyl sites for hydroxylation is 7. The summed E-state index contributed by atoms with van der Waals surface area (Å²) < 4.78 is 82.5. The van der Waals surface area contributed by atoms with Gasteiger partial charge in [0, 0.05) is 173 Å². The summed E-state index contributed by atoms with van der Waals surface area (Å²) >= 11 is 0. The number of halogens is 6. The van der Waals surface area contributed by atoms with Crippen LogP contribution in [0.2, 0.25) is 0 Å². The average Bonchev–Trinajstić information content (AvgIpc) is 1.24. The van der Waals surface area contributed by atoms with Crippen LogP contribution in [0.3, 0.4) is 0 Å².